The summed E-state index contributed by atoms with van der Waals surface area (Å²) in [6, 6.07) is 3.98. The van der Waals surface area contributed by atoms with Crippen LogP contribution < -0.4 is 5.32 Å². The number of hydrogen-bond donors (Lipinski definition) is 2. The van der Waals surface area contributed by atoms with Gasteiger partial charge in [0.15, 0.2) is 0 Å². The topological polar surface area (TPSA) is 79.5 Å². The Morgan fingerprint density at radius 3 is 2.76 bits per heavy atom. The minimum atomic E-state index is -0.851. The zero-order valence-electron chi connectivity index (χ0n) is 12.2. The number of benzene rings is 1. The van der Waals surface area contributed by atoms with Crippen molar-refractivity contribution >= 4 is 22.8 Å². The fourth-order valence-corrected chi connectivity index (χ4v) is 2.23. The summed E-state index contributed by atoms with van der Waals surface area (Å²) in [7, 11) is 0. The van der Waals surface area contributed by atoms with Crippen LogP contribution in [0.15, 0.2) is 22.8 Å². The molecule has 0 spiro atoms. The number of aliphatic carboxylic acids is 1. The maximum absolute atomic E-state index is 11.9. The Morgan fingerprint density at radius 1 is 1.29 bits per heavy atom. The molecule has 2 rings (SSSR count). The summed E-state index contributed by atoms with van der Waals surface area (Å²) in [5.41, 5.74) is 3.91. The minimum absolute atomic E-state index is 0.0629. The van der Waals surface area contributed by atoms with E-state index in [1.807, 2.05) is 26.0 Å². The number of carbonyl (C=O) groups is 2. The highest BCUT2D eigenvalue weighted by atomic mass is 16.4. The first-order valence-corrected chi connectivity index (χ1v) is 6.94. The van der Waals surface area contributed by atoms with Gasteiger partial charge in [-0.3, -0.25) is 9.59 Å². The number of rotatable bonds is 6. The van der Waals surface area contributed by atoms with Crippen LogP contribution in [0.4, 0.5) is 0 Å². The molecule has 0 aliphatic heterocycles. The summed E-state index contributed by atoms with van der Waals surface area (Å²) in [5, 5.41) is 12.2. The molecule has 0 bridgehead atoms. The van der Waals surface area contributed by atoms with Gasteiger partial charge >= 0.3 is 5.97 Å². The number of fused-ring (bicyclic) bond motifs is 1. The van der Waals surface area contributed by atoms with Crippen LogP contribution in [0.5, 0.6) is 0 Å². The van der Waals surface area contributed by atoms with E-state index in [4.69, 9.17) is 9.52 Å². The number of aryl methyl sites for hydroxylation is 2. The van der Waals surface area contributed by atoms with Gasteiger partial charge in [-0.15, -0.1) is 0 Å². The number of nitrogens with one attached hydrogen (secondary N) is 1. The molecule has 5 nitrogen and oxygen atoms in total. The van der Waals surface area contributed by atoms with Crippen LogP contribution in [0, 0.1) is 13.8 Å². The lowest BCUT2D eigenvalue weighted by atomic mass is 10.0. The van der Waals surface area contributed by atoms with Gasteiger partial charge in [-0.2, -0.15) is 0 Å². The van der Waals surface area contributed by atoms with Crippen molar-refractivity contribution in [1.82, 2.24) is 5.32 Å². The molecule has 0 aliphatic carbocycles. The molecule has 2 aromatic rings. The predicted octanol–water partition coefficient (Wildman–Crippen LogP) is 2.57. The smallest absolute Gasteiger partial charge is 0.303 e. The lowest BCUT2D eigenvalue weighted by Gasteiger charge is -2.04. The first-order chi connectivity index (χ1) is 9.99. The van der Waals surface area contributed by atoms with E-state index >= 15 is 0 Å². The van der Waals surface area contributed by atoms with Crippen LogP contribution in [0.3, 0.4) is 0 Å². The van der Waals surface area contributed by atoms with Crippen molar-refractivity contribution in [1.29, 1.82) is 0 Å². The van der Waals surface area contributed by atoms with E-state index in [0.717, 1.165) is 27.7 Å². The monoisotopic (exact) mass is 289 g/mol. The zero-order chi connectivity index (χ0) is 15.4. The molecule has 0 unspecified atom stereocenters. The van der Waals surface area contributed by atoms with Gasteiger partial charge in [0.2, 0.25) is 5.91 Å². The molecule has 1 aromatic heterocycles. The number of furan rings is 1. The number of carboxylic acids is 1. The Hall–Kier alpha value is -2.30. The fourth-order valence-electron chi connectivity index (χ4n) is 2.23. The highest BCUT2D eigenvalue weighted by molar-refractivity contribution is 5.89. The largest absolute Gasteiger partial charge is 0.481 e. The second-order valence-electron chi connectivity index (χ2n) is 5.17. The SMILES string of the molecule is Cc1ccc2c(CC(=O)NCCCC(=O)O)coc2c1C. The molecule has 112 valence electrons. The van der Waals surface area contributed by atoms with Gasteiger partial charge in [0.05, 0.1) is 12.7 Å². The Labute approximate surface area is 122 Å². The van der Waals surface area contributed by atoms with Crippen molar-refractivity contribution in [2.75, 3.05) is 6.54 Å². The third kappa shape index (κ3) is 3.62. The van der Waals surface area contributed by atoms with Crippen molar-refractivity contribution in [3.05, 3.63) is 35.1 Å². The number of hydrogen-bond acceptors (Lipinski definition) is 3. The van der Waals surface area contributed by atoms with Crippen LogP contribution >= 0.6 is 0 Å². The molecular formula is C16H19NO4. The molecule has 21 heavy (non-hydrogen) atoms. The molecule has 0 fully saturated rings. The van der Waals surface area contributed by atoms with E-state index < -0.39 is 5.97 Å². The Balaban J connectivity index is 1.98. The molecule has 1 amide bonds. The zero-order valence-corrected chi connectivity index (χ0v) is 12.2. The lowest BCUT2D eigenvalue weighted by Crippen LogP contribution is -2.26. The molecule has 0 saturated carbocycles. The number of amides is 1. The standard InChI is InChI=1S/C16H19NO4/c1-10-5-6-13-12(9-21-16(13)11(10)2)8-14(18)17-7-3-4-15(19)20/h5-6,9H,3-4,7-8H2,1-2H3,(H,17,18)(H,19,20). The van der Waals surface area contributed by atoms with Crippen LogP contribution in [-0.2, 0) is 16.0 Å². The minimum Gasteiger partial charge on any atom is -0.481 e. The molecule has 0 atom stereocenters. The van der Waals surface area contributed by atoms with Crippen LogP contribution in [0.25, 0.3) is 11.0 Å². The molecule has 1 heterocycles. The van der Waals surface area contributed by atoms with Crippen molar-refractivity contribution in [2.24, 2.45) is 0 Å². The van der Waals surface area contributed by atoms with Crippen molar-refractivity contribution in [3.63, 3.8) is 0 Å². The Bertz CT molecular complexity index is 672. The quantitative estimate of drug-likeness (QED) is 0.801. The van der Waals surface area contributed by atoms with E-state index in [1.54, 1.807) is 6.26 Å². The summed E-state index contributed by atoms with van der Waals surface area (Å²) in [4.78, 5) is 22.2. The highest BCUT2D eigenvalue weighted by Gasteiger charge is 2.12. The Kier molecular flexibility index (Phi) is 4.62. The van der Waals surface area contributed by atoms with Gasteiger partial charge in [-0.1, -0.05) is 12.1 Å². The third-order valence-corrected chi connectivity index (χ3v) is 3.58. The lowest BCUT2D eigenvalue weighted by molar-refractivity contribution is -0.137. The molecule has 0 radical (unpaired) electrons. The van der Waals surface area contributed by atoms with Gasteiger partial charge in [0, 0.05) is 23.9 Å². The van der Waals surface area contributed by atoms with Crippen molar-refractivity contribution in [3.8, 4) is 0 Å². The molecule has 1 aromatic carbocycles. The van der Waals surface area contributed by atoms with Gasteiger partial charge in [-0.05, 0) is 31.4 Å². The number of carbonyl (C=O) groups excluding carboxylic acids is 1. The highest BCUT2D eigenvalue weighted by Crippen LogP contribution is 2.26. The third-order valence-electron chi connectivity index (χ3n) is 3.58. The summed E-state index contributed by atoms with van der Waals surface area (Å²) >= 11 is 0. The molecular weight excluding hydrogens is 270 g/mol. The molecule has 2 N–H and O–H groups in total. The van der Waals surface area contributed by atoms with Gasteiger partial charge in [0.1, 0.15) is 5.58 Å². The maximum atomic E-state index is 11.9. The Morgan fingerprint density at radius 2 is 2.05 bits per heavy atom. The van der Waals surface area contributed by atoms with E-state index in [2.05, 4.69) is 5.32 Å². The van der Waals surface area contributed by atoms with Crippen molar-refractivity contribution < 1.29 is 19.1 Å². The van der Waals surface area contributed by atoms with Gasteiger partial charge in [0.25, 0.3) is 0 Å². The second-order valence-corrected chi connectivity index (χ2v) is 5.17. The van der Waals surface area contributed by atoms with Crippen molar-refractivity contribution in [2.45, 2.75) is 33.1 Å². The predicted molar refractivity (Wildman–Crippen MR) is 79.3 cm³/mol. The van der Waals surface area contributed by atoms with Gasteiger partial charge < -0.3 is 14.8 Å². The average molecular weight is 289 g/mol. The molecule has 0 aliphatic rings. The van der Waals surface area contributed by atoms with E-state index in [9.17, 15) is 9.59 Å². The first-order valence-electron chi connectivity index (χ1n) is 6.94. The summed E-state index contributed by atoms with van der Waals surface area (Å²) in [5.74, 6) is -0.975. The van der Waals surface area contributed by atoms with E-state index in [1.165, 1.54) is 0 Å². The average Bonchev–Trinajstić information content (AvgIpc) is 2.82. The summed E-state index contributed by atoms with van der Waals surface area (Å²) in [6.07, 6.45) is 2.36. The van der Waals surface area contributed by atoms with Gasteiger partial charge in [-0.25, -0.2) is 0 Å². The van der Waals surface area contributed by atoms with Crippen LogP contribution in [0.2, 0.25) is 0 Å². The first kappa shape index (κ1) is 15.1. The second kappa shape index (κ2) is 6.43. The maximum Gasteiger partial charge on any atom is 0.303 e. The van der Waals surface area contributed by atoms with Crippen LogP contribution in [0.1, 0.15) is 29.5 Å². The summed E-state index contributed by atoms with van der Waals surface area (Å²) < 4.78 is 5.56. The number of carboxylic acid groups (broad SMARTS) is 1. The summed E-state index contributed by atoms with van der Waals surface area (Å²) in [6.45, 7) is 4.39. The van der Waals surface area contributed by atoms with E-state index in [-0.39, 0.29) is 18.7 Å². The van der Waals surface area contributed by atoms with Crippen LogP contribution in [-0.4, -0.2) is 23.5 Å². The molecule has 0 saturated heterocycles. The van der Waals surface area contributed by atoms with E-state index in [0.29, 0.717) is 13.0 Å². The normalized spacial score (nSPS) is 10.8. The fraction of sp³-hybridized carbons (Fsp3) is 0.375. The molecule has 5 heteroatoms.